The van der Waals surface area contributed by atoms with Gasteiger partial charge in [-0.15, -0.1) is 11.3 Å². The summed E-state index contributed by atoms with van der Waals surface area (Å²) >= 11 is 4.77. The number of esters is 1. The first-order valence-electron chi connectivity index (χ1n) is 7.02. The third-order valence-corrected chi connectivity index (χ3v) is 4.53. The summed E-state index contributed by atoms with van der Waals surface area (Å²) in [5.41, 5.74) is 2.06. The SMILES string of the molecule is COc1cccc(-c2nc(COC(=O)c3cncc(Br)c3)cs2)c1. The number of hydrogen-bond acceptors (Lipinski definition) is 6. The summed E-state index contributed by atoms with van der Waals surface area (Å²) in [6, 6.07) is 9.34. The minimum atomic E-state index is -0.431. The zero-order valence-electron chi connectivity index (χ0n) is 12.7. The summed E-state index contributed by atoms with van der Waals surface area (Å²) in [7, 11) is 1.63. The van der Waals surface area contributed by atoms with Crippen LogP contribution in [0.1, 0.15) is 16.1 Å². The van der Waals surface area contributed by atoms with Crippen LogP contribution in [-0.4, -0.2) is 23.0 Å². The first-order chi connectivity index (χ1) is 11.7. The molecule has 2 heterocycles. The summed E-state index contributed by atoms with van der Waals surface area (Å²) in [5.74, 6) is 0.345. The maximum absolute atomic E-state index is 12.0. The number of halogens is 1. The zero-order chi connectivity index (χ0) is 16.9. The van der Waals surface area contributed by atoms with Gasteiger partial charge in [0.2, 0.25) is 0 Å². The molecule has 0 fully saturated rings. The Morgan fingerprint density at radius 3 is 2.96 bits per heavy atom. The van der Waals surface area contributed by atoms with Gasteiger partial charge in [-0.25, -0.2) is 9.78 Å². The molecule has 5 nitrogen and oxygen atoms in total. The van der Waals surface area contributed by atoms with Crippen LogP contribution in [0.15, 0.2) is 52.6 Å². The number of benzene rings is 1. The quantitative estimate of drug-likeness (QED) is 0.592. The van der Waals surface area contributed by atoms with Crippen LogP contribution >= 0.6 is 27.3 Å². The molecule has 122 valence electrons. The summed E-state index contributed by atoms with van der Waals surface area (Å²) in [6.45, 7) is 0.117. The van der Waals surface area contributed by atoms with Gasteiger partial charge in [0.1, 0.15) is 17.4 Å². The fraction of sp³-hybridized carbons (Fsp3) is 0.118. The van der Waals surface area contributed by atoms with Gasteiger partial charge in [0, 0.05) is 27.8 Å². The maximum Gasteiger partial charge on any atom is 0.340 e. The third kappa shape index (κ3) is 3.98. The number of rotatable bonds is 5. The van der Waals surface area contributed by atoms with Crippen molar-refractivity contribution in [2.24, 2.45) is 0 Å². The largest absolute Gasteiger partial charge is 0.497 e. The van der Waals surface area contributed by atoms with Gasteiger partial charge < -0.3 is 9.47 Å². The molecule has 0 saturated carbocycles. The highest BCUT2D eigenvalue weighted by molar-refractivity contribution is 9.10. The average molecular weight is 405 g/mol. The van der Waals surface area contributed by atoms with E-state index in [1.165, 1.54) is 17.5 Å². The Balaban J connectivity index is 1.67. The molecule has 7 heteroatoms. The second-order valence-corrected chi connectivity index (χ2v) is 6.62. The van der Waals surface area contributed by atoms with Crippen LogP contribution in [-0.2, 0) is 11.3 Å². The molecule has 0 aliphatic heterocycles. The van der Waals surface area contributed by atoms with Crippen molar-refractivity contribution in [3.63, 3.8) is 0 Å². The molecule has 0 atom stereocenters. The molecule has 0 saturated heterocycles. The molecule has 0 unspecified atom stereocenters. The molecule has 0 radical (unpaired) electrons. The molecule has 0 aliphatic rings. The lowest BCUT2D eigenvalue weighted by Crippen LogP contribution is -2.05. The van der Waals surface area contributed by atoms with E-state index in [-0.39, 0.29) is 6.61 Å². The average Bonchev–Trinajstić information content (AvgIpc) is 3.09. The molecular formula is C17H13BrN2O3S. The number of carbonyl (C=O) groups excluding carboxylic acids is 1. The Morgan fingerprint density at radius 2 is 2.17 bits per heavy atom. The van der Waals surface area contributed by atoms with Crippen LogP contribution in [0.2, 0.25) is 0 Å². The van der Waals surface area contributed by atoms with Crippen molar-refractivity contribution in [3.05, 3.63) is 63.8 Å². The summed E-state index contributed by atoms with van der Waals surface area (Å²) < 4.78 is 11.2. The highest BCUT2D eigenvalue weighted by atomic mass is 79.9. The first kappa shape index (κ1) is 16.6. The van der Waals surface area contributed by atoms with E-state index < -0.39 is 5.97 Å². The number of nitrogens with zero attached hydrogens (tertiary/aromatic N) is 2. The zero-order valence-corrected chi connectivity index (χ0v) is 15.1. The van der Waals surface area contributed by atoms with Gasteiger partial charge in [-0.3, -0.25) is 4.98 Å². The highest BCUT2D eigenvalue weighted by Gasteiger charge is 2.11. The predicted octanol–water partition coefficient (Wildman–Crippen LogP) is 4.33. The van der Waals surface area contributed by atoms with Crippen molar-refractivity contribution in [1.82, 2.24) is 9.97 Å². The molecule has 2 aromatic heterocycles. The molecule has 0 amide bonds. The maximum atomic E-state index is 12.0. The Bertz CT molecular complexity index is 866. The number of carbonyl (C=O) groups is 1. The lowest BCUT2D eigenvalue weighted by atomic mass is 10.2. The molecule has 3 rings (SSSR count). The minimum absolute atomic E-state index is 0.117. The monoisotopic (exact) mass is 404 g/mol. The van der Waals surface area contributed by atoms with Crippen molar-refractivity contribution < 1.29 is 14.3 Å². The first-order valence-corrected chi connectivity index (χ1v) is 8.69. The molecule has 3 aromatic rings. The van der Waals surface area contributed by atoms with Crippen LogP contribution in [0.3, 0.4) is 0 Å². The highest BCUT2D eigenvalue weighted by Crippen LogP contribution is 2.27. The van der Waals surface area contributed by atoms with E-state index in [0.29, 0.717) is 11.3 Å². The van der Waals surface area contributed by atoms with E-state index >= 15 is 0 Å². The van der Waals surface area contributed by atoms with Crippen molar-refractivity contribution in [3.8, 4) is 16.3 Å². The molecular weight excluding hydrogens is 392 g/mol. The summed E-state index contributed by atoms with van der Waals surface area (Å²) in [4.78, 5) is 20.5. The molecule has 0 aliphatic carbocycles. The van der Waals surface area contributed by atoms with Crippen LogP contribution in [0.5, 0.6) is 5.75 Å². The van der Waals surface area contributed by atoms with Crippen LogP contribution in [0, 0.1) is 0 Å². The van der Waals surface area contributed by atoms with Crippen molar-refractivity contribution in [2.75, 3.05) is 7.11 Å². The number of thiazole rings is 1. The molecule has 1 aromatic carbocycles. The predicted molar refractivity (Wildman–Crippen MR) is 95.2 cm³/mol. The summed E-state index contributed by atoms with van der Waals surface area (Å²) in [6.07, 6.45) is 3.08. The summed E-state index contributed by atoms with van der Waals surface area (Å²) in [5, 5.41) is 2.73. The van der Waals surface area contributed by atoms with E-state index in [1.54, 1.807) is 19.4 Å². The second kappa shape index (κ2) is 7.55. The molecule has 24 heavy (non-hydrogen) atoms. The van der Waals surface area contributed by atoms with E-state index in [0.717, 1.165) is 20.8 Å². The fourth-order valence-electron chi connectivity index (χ4n) is 2.01. The fourth-order valence-corrected chi connectivity index (χ4v) is 3.17. The van der Waals surface area contributed by atoms with Gasteiger partial charge in [0.25, 0.3) is 0 Å². The number of aromatic nitrogens is 2. The number of ether oxygens (including phenoxy) is 2. The number of methoxy groups -OCH3 is 1. The second-order valence-electron chi connectivity index (χ2n) is 4.84. The Hall–Kier alpha value is -2.25. The van der Waals surface area contributed by atoms with Crippen LogP contribution < -0.4 is 4.74 Å². The third-order valence-electron chi connectivity index (χ3n) is 3.16. The van der Waals surface area contributed by atoms with E-state index in [2.05, 4.69) is 25.9 Å². The van der Waals surface area contributed by atoms with E-state index in [9.17, 15) is 4.79 Å². The van der Waals surface area contributed by atoms with Gasteiger partial charge in [0.05, 0.1) is 18.4 Å². The Morgan fingerprint density at radius 1 is 1.29 bits per heavy atom. The smallest absolute Gasteiger partial charge is 0.340 e. The minimum Gasteiger partial charge on any atom is -0.497 e. The molecule has 0 N–H and O–H groups in total. The van der Waals surface area contributed by atoms with E-state index in [1.807, 2.05) is 29.6 Å². The lowest BCUT2D eigenvalue weighted by molar-refractivity contribution is 0.0468. The Kier molecular flexibility index (Phi) is 5.22. The van der Waals surface area contributed by atoms with E-state index in [4.69, 9.17) is 9.47 Å². The van der Waals surface area contributed by atoms with Crippen molar-refractivity contribution in [1.29, 1.82) is 0 Å². The number of pyridine rings is 1. The van der Waals surface area contributed by atoms with Crippen LogP contribution in [0.25, 0.3) is 10.6 Å². The topological polar surface area (TPSA) is 61.3 Å². The Labute approximate surface area is 151 Å². The molecule has 0 spiro atoms. The van der Waals surface area contributed by atoms with Crippen LogP contribution in [0.4, 0.5) is 0 Å². The standard InChI is InChI=1S/C17H13BrN2O3S/c1-22-15-4-2-3-11(6-15)16-20-14(10-24-16)9-23-17(21)12-5-13(18)8-19-7-12/h2-8,10H,9H2,1H3. The lowest BCUT2D eigenvalue weighted by Gasteiger charge is -2.03. The van der Waals surface area contributed by atoms with Gasteiger partial charge in [-0.1, -0.05) is 12.1 Å². The normalized spacial score (nSPS) is 10.4. The van der Waals surface area contributed by atoms with Crippen molar-refractivity contribution in [2.45, 2.75) is 6.61 Å². The molecule has 0 bridgehead atoms. The van der Waals surface area contributed by atoms with Gasteiger partial charge in [0.15, 0.2) is 0 Å². The van der Waals surface area contributed by atoms with Crippen molar-refractivity contribution >= 4 is 33.2 Å². The van der Waals surface area contributed by atoms with Gasteiger partial charge in [-0.05, 0) is 34.1 Å². The van der Waals surface area contributed by atoms with Gasteiger partial charge in [-0.2, -0.15) is 0 Å². The van der Waals surface area contributed by atoms with Gasteiger partial charge >= 0.3 is 5.97 Å². The number of hydrogen-bond donors (Lipinski definition) is 0.